The predicted molar refractivity (Wildman–Crippen MR) is 81.8 cm³/mol. The Bertz CT molecular complexity index is 692. The maximum Gasteiger partial charge on any atom is 0.180 e. The number of hydrogen-bond acceptors (Lipinski definition) is 4. The van der Waals surface area contributed by atoms with E-state index in [2.05, 4.69) is 55.2 Å². The van der Waals surface area contributed by atoms with Gasteiger partial charge in [0.05, 0.1) is 6.04 Å². The number of thiophene rings is 1. The molecule has 3 heterocycles. The minimum absolute atomic E-state index is 0.266. The molecule has 0 fully saturated rings. The lowest BCUT2D eigenvalue weighted by Crippen LogP contribution is -2.22. The van der Waals surface area contributed by atoms with Crippen molar-refractivity contribution >= 4 is 38.7 Å². The van der Waals surface area contributed by atoms with E-state index in [1.165, 1.54) is 4.88 Å². The molecular weight excluding hydrogens is 324 g/mol. The summed E-state index contributed by atoms with van der Waals surface area (Å²) in [6.45, 7) is 2.17. The van der Waals surface area contributed by atoms with E-state index in [1.807, 2.05) is 23.8 Å². The molecule has 4 nitrogen and oxygen atoms in total. The van der Waals surface area contributed by atoms with Gasteiger partial charge in [-0.2, -0.15) is 0 Å². The molecule has 0 saturated carbocycles. The van der Waals surface area contributed by atoms with Crippen LogP contribution in [-0.4, -0.2) is 21.4 Å². The van der Waals surface area contributed by atoms with E-state index < -0.39 is 0 Å². The molecule has 3 aromatic rings. The van der Waals surface area contributed by atoms with E-state index in [1.54, 1.807) is 17.5 Å². The van der Waals surface area contributed by atoms with E-state index in [9.17, 15) is 0 Å². The molecule has 0 saturated heterocycles. The smallest absolute Gasteiger partial charge is 0.180 e. The van der Waals surface area contributed by atoms with Crippen LogP contribution in [0.5, 0.6) is 0 Å². The molecule has 0 aromatic carbocycles. The minimum Gasteiger partial charge on any atom is -0.349 e. The SMILES string of the molecule is CC(c1cccs1)N(C)c1nc(Br)cn2ccnc12. The lowest BCUT2D eigenvalue weighted by molar-refractivity contribution is 0.740. The van der Waals surface area contributed by atoms with Crippen molar-refractivity contribution in [3.63, 3.8) is 0 Å². The fourth-order valence-electron chi connectivity index (χ4n) is 2.03. The van der Waals surface area contributed by atoms with Crippen molar-refractivity contribution < 1.29 is 0 Å². The first-order chi connectivity index (χ1) is 9.16. The standard InChI is InChI=1S/C13H13BrN4S/c1-9(10-4-3-7-19-10)17(2)13-12-15-5-6-18(12)8-11(14)16-13/h3-9H,1-2H3. The molecule has 0 N–H and O–H groups in total. The van der Waals surface area contributed by atoms with Crippen LogP contribution < -0.4 is 4.90 Å². The van der Waals surface area contributed by atoms with Gasteiger partial charge in [-0.3, -0.25) is 0 Å². The first-order valence-corrected chi connectivity index (χ1v) is 7.59. The molecule has 0 spiro atoms. The average Bonchev–Trinajstić information content (AvgIpc) is 3.06. The third kappa shape index (κ3) is 2.26. The summed E-state index contributed by atoms with van der Waals surface area (Å²) in [5.41, 5.74) is 0.870. The molecule has 1 atom stereocenters. The zero-order valence-electron chi connectivity index (χ0n) is 10.6. The summed E-state index contributed by atoms with van der Waals surface area (Å²) < 4.78 is 2.78. The number of hydrogen-bond donors (Lipinski definition) is 0. The largest absolute Gasteiger partial charge is 0.349 e. The Hall–Kier alpha value is -1.40. The quantitative estimate of drug-likeness (QED) is 0.730. The summed E-state index contributed by atoms with van der Waals surface area (Å²) in [4.78, 5) is 12.4. The third-order valence-corrected chi connectivity index (χ3v) is 4.62. The van der Waals surface area contributed by atoms with Gasteiger partial charge >= 0.3 is 0 Å². The van der Waals surface area contributed by atoms with Gasteiger partial charge in [-0.1, -0.05) is 6.07 Å². The molecule has 0 aliphatic rings. The van der Waals surface area contributed by atoms with Crippen LogP contribution in [0.4, 0.5) is 5.82 Å². The molecule has 1 unspecified atom stereocenters. The van der Waals surface area contributed by atoms with Crippen LogP contribution in [0.2, 0.25) is 0 Å². The lowest BCUT2D eigenvalue weighted by Gasteiger charge is -2.25. The molecule has 0 amide bonds. The summed E-state index contributed by atoms with van der Waals surface area (Å²) in [5.74, 6) is 0.875. The van der Waals surface area contributed by atoms with Crippen molar-refractivity contribution in [1.82, 2.24) is 14.4 Å². The van der Waals surface area contributed by atoms with Crippen molar-refractivity contribution in [2.45, 2.75) is 13.0 Å². The van der Waals surface area contributed by atoms with Gasteiger partial charge in [-0.25, -0.2) is 9.97 Å². The Morgan fingerprint density at radius 1 is 1.47 bits per heavy atom. The molecule has 0 bridgehead atoms. The zero-order valence-corrected chi connectivity index (χ0v) is 13.0. The van der Waals surface area contributed by atoms with E-state index >= 15 is 0 Å². The van der Waals surface area contributed by atoms with E-state index in [0.29, 0.717) is 0 Å². The summed E-state index contributed by atoms with van der Waals surface area (Å²) in [6.07, 6.45) is 5.63. The molecule has 3 aromatic heterocycles. The molecular formula is C13H13BrN4S. The second kappa shape index (κ2) is 4.94. The van der Waals surface area contributed by atoms with Crippen molar-refractivity contribution in [3.8, 4) is 0 Å². The van der Waals surface area contributed by atoms with Gasteiger partial charge in [0.15, 0.2) is 11.5 Å². The summed E-state index contributed by atoms with van der Waals surface area (Å²) in [5, 5.41) is 2.10. The van der Waals surface area contributed by atoms with Crippen LogP contribution in [0.3, 0.4) is 0 Å². The number of nitrogens with zero attached hydrogens (tertiary/aromatic N) is 4. The van der Waals surface area contributed by atoms with Crippen molar-refractivity contribution in [2.75, 3.05) is 11.9 Å². The van der Waals surface area contributed by atoms with Crippen LogP contribution >= 0.6 is 27.3 Å². The maximum absolute atomic E-state index is 4.57. The third-order valence-electron chi connectivity index (χ3n) is 3.20. The van der Waals surface area contributed by atoms with E-state index in [0.717, 1.165) is 16.1 Å². The summed E-state index contributed by atoms with van der Waals surface area (Å²) in [6, 6.07) is 4.48. The number of anilines is 1. The molecule has 0 aliphatic heterocycles. The minimum atomic E-state index is 0.266. The number of rotatable bonds is 3. The molecule has 3 rings (SSSR count). The lowest BCUT2D eigenvalue weighted by atomic mass is 10.2. The van der Waals surface area contributed by atoms with Crippen molar-refractivity contribution in [2.24, 2.45) is 0 Å². The van der Waals surface area contributed by atoms with Gasteiger partial charge in [0.25, 0.3) is 0 Å². The van der Waals surface area contributed by atoms with Gasteiger partial charge in [0.1, 0.15) is 4.60 Å². The van der Waals surface area contributed by atoms with Gasteiger partial charge in [-0.15, -0.1) is 11.3 Å². The molecule has 0 radical (unpaired) electrons. The number of fused-ring (bicyclic) bond motifs is 1. The fourth-order valence-corrected chi connectivity index (χ4v) is 3.24. The topological polar surface area (TPSA) is 33.4 Å². The van der Waals surface area contributed by atoms with Gasteiger partial charge in [0, 0.05) is 30.5 Å². The summed E-state index contributed by atoms with van der Waals surface area (Å²) >= 11 is 5.21. The average molecular weight is 337 g/mol. The van der Waals surface area contributed by atoms with Crippen molar-refractivity contribution in [3.05, 3.63) is 45.6 Å². The Balaban J connectivity index is 2.06. The highest BCUT2D eigenvalue weighted by Gasteiger charge is 2.18. The monoisotopic (exact) mass is 336 g/mol. The Morgan fingerprint density at radius 2 is 2.32 bits per heavy atom. The molecule has 0 aliphatic carbocycles. The highest BCUT2D eigenvalue weighted by atomic mass is 79.9. The van der Waals surface area contributed by atoms with Crippen LogP contribution in [0.15, 0.2) is 40.7 Å². The zero-order chi connectivity index (χ0) is 13.4. The highest BCUT2D eigenvalue weighted by molar-refractivity contribution is 9.10. The van der Waals surface area contributed by atoms with Crippen molar-refractivity contribution in [1.29, 1.82) is 0 Å². The molecule has 98 valence electrons. The van der Waals surface area contributed by atoms with Crippen LogP contribution in [0.1, 0.15) is 17.8 Å². The Labute approximate surface area is 123 Å². The number of halogens is 1. The van der Waals surface area contributed by atoms with E-state index in [-0.39, 0.29) is 6.04 Å². The number of imidazole rings is 1. The second-order valence-electron chi connectivity index (χ2n) is 4.35. The summed E-state index contributed by atoms with van der Waals surface area (Å²) in [7, 11) is 2.05. The maximum atomic E-state index is 4.57. The van der Waals surface area contributed by atoms with E-state index in [4.69, 9.17) is 0 Å². The normalized spacial score (nSPS) is 12.8. The second-order valence-corrected chi connectivity index (χ2v) is 6.14. The molecule has 19 heavy (non-hydrogen) atoms. The highest BCUT2D eigenvalue weighted by Crippen LogP contribution is 2.29. The fraction of sp³-hybridized carbons (Fsp3) is 0.231. The molecule has 6 heteroatoms. The van der Waals surface area contributed by atoms with Crippen LogP contribution in [0, 0.1) is 0 Å². The first-order valence-electron chi connectivity index (χ1n) is 5.92. The Morgan fingerprint density at radius 3 is 3.05 bits per heavy atom. The van der Waals surface area contributed by atoms with Crippen LogP contribution in [0.25, 0.3) is 5.65 Å². The van der Waals surface area contributed by atoms with Crippen LogP contribution in [-0.2, 0) is 0 Å². The Kier molecular flexibility index (Phi) is 3.28. The van der Waals surface area contributed by atoms with Gasteiger partial charge in [0.2, 0.25) is 0 Å². The number of aromatic nitrogens is 3. The van der Waals surface area contributed by atoms with Gasteiger partial charge < -0.3 is 9.30 Å². The van der Waals surface area contributed by atoms with Gasteiger partial charge in [-0.05, 0) is 34.3 Å². The predicted octanol–water partition coefficient (Wildman–Crippen LogP) is 3.75. The first kappa shape index (κ1) is 12.6.